The number of rotatable bonds is 11. The Hall–Kier alpha value is -4.88. The molecule has 0 atom stereocenters. The number of ether oxygens (including phenoxy) is 2. The van der Waals surface area contributed by atoms with Gasteiger partial charge in [-0.1, -0.05) is 95.6 Å². The number of hydrogen-bond acceptors (Lipinski definition) is 6. The van der Waals surface area contributed by atoms with Crippen molar-refractivity contribution in [2.24, 2.45) is 0 Å². The normalized spacial score (nSPS) is 10.7. The number of benzene rings is 4. The van der Waals surface area contributed by atoms with Crippen molar-refractivity contribution in [1.29, 1.82) is 0 Å². The maximum Gasteiger partial charge on any atom is 0.274 e. The molecule has 0 unspecified atom stereocenters. The Bertz CT molecular complexity index is 1650. The zero-order valence-corrected chi connectivity index (χ0v) is 23.1. The third-order valence-electron chi connectivity index (χ3n) is 6.31. The van der Waals surface area contributed by atoms with E-state index in [1.807, 2.05) is 67.6 Å². The third-order valence-corrected chi connectivity index (χ3v) is 6.60. The second-order valence-corrected chi connectivity index (χ2v) is 9.57. The van der Waals surface area contributed by atoms with Gasteiger partial charge < -0.3 is 19.3 Å². The van der Waals surface area contributed by atoms with E-state index < -0.39 is 5.91 Å². The summed E-state index contributed by atoms with van der Waals surface area (Å²) in [6.45, 7) is 2.79. The average molecular weight is 567 g/mol. The molecule has 0 aliphatic heterocycles. The van der Waals surface area contributed by atoms with Crippen LogP contribution in [-0.4, -0.2) is 23.9 Å². The molecule has 0 fully saturated rings. The van der Waals surface area contributed by atoms with E-state index in [0.29, 0.717) is 51.9 Å². The monoisotopic (exact) mass is 566 g/mol. The maximum absolute atomic E-state index is 13.0. The number of hydrogen-bond donors (Lipinski definition) is 1. The summed E-state index contributed by atoms with van der Waals surface area (Å²) in [7, 11) is 0. The van der Waals surface area contributed by atoms with Gasteiger partial charge in [0.2, 0.25) is 0 Å². The van der Waals surface area contributed by atoms with Crippen LogP contribution in [0.2, 0.25) is 5.02 Å². The van der Waals surface area contributed by atoms with Crippen LogP contribution in [0.4, 0.5) is 0 Å². The maximum atomic E-state index is 13.0. The fourth-order valence-corrected chi connectivity index (χ4v) is 4.54. The second-order valence-electron chi connectivity index (χ2n) is 9.17. The average Bonchev–Trinajstić information content (AvgIpc) is 3.46. The highest BCUT2D eigenvalue weighted by atomic mass is 35.5. The predicted molar refractivity (Wildman–Crippen MR) is 157 cm³/mol. The first-order valence-electron chi connectivity index (χ1n) is 13.1. The van der Waals surface area contributed by atoms with Crippen LogP contribution < -0.4 is 14.8 Å². The first kappa shape index (κ1) is 27.7. The van der Waals surface area contributed by atoms with Gasteiger partial charge in [0.15, 0.2) is 11.5 Å². The summed E-state index contributed by atoms with van der Waals surface area (Å²) in [5.41, 5.74) is 3.95. The largest absolute Gasteiger partial charge is 0.488 e. The highest BCUT2D eigenvalue weighted by Gasteiger charge is 2.27. The van der Waals surface area contributed by atoms with E-state index in [1.165, 1.54) is 0 Å². The molecule has 0 bridgehead atoms. The molecule has 0 saturated heterocycles. The third kappa shape index (κ3) is 6.48. The highest BCUT2D eigenvalue weighted by molar-refractivity contribution is 6.32. The summed E-state index contributed by atoms with van der Waals surface area (Å²) in [6, 6.07) is 29.7. The lowest BCUT2D eigenvalue weighted by Gasteiger charge is -2.15. The van der Waals surface area contributed by atoms with Crippen molar-refractivity contribution in [3.05, 3.63) is 124 Å². The van der Waals surface area contributed by atoms with E-state index in [0.717, 1.165) is 17.4 Å². The molecule has 0 saturated carbocycles. The first-order valence-corrected chi connectivity index (χ1v) is 13.5. The van der Waals surface area contributed by atoms with Gasteiger partial charge in [-0.15, -0.1) is 0 Å². The van der Waals surface area contributed by atoms with E-state index in [4.69, 9.17) is 25.6 Å². The molecule has 0 spiro atoms. The van der Waals surface area contributed by atoms with Gasteiger partial charge >= 0.3 is 0 Å². The van der Waals surface area contributed by atoms with Crippen LogP contribution in [0, 0.1) is 0 Å². The van der Waals surface area contributed by atoms with Gasteiger partial charge in [-0.05, 0) is 35.7 Å². The van der Waals surface area contributed by atoms with E-state index in [9.17, 15) is 9.59 Å². The number of carbonyl (C=O) groups is 2. The number of amides is 1. The lowest BCUT2D eigenvalue weighted by molar-refractivity contribution is 0.0947. The Morgan fingerprint density at radius 3 is 2.17 bits per heavy atom. The Morgan fingerprint density at radius 2 is 1.54 bits per heavy atom. The van der Waals surface area contributed by atoms with Crippen LogP contribution in [0.25, 0.3) is 22.5 Å². The van der Waals surface area contributed by atoms with Crippen molar-refractivity contribution < 1.29 is 23.6 Å². The van der Waals surface area contributed by atoms with Crippen molar-refractivity contribution >= 4 is 23.8 Å². The number of carbonyl (C=O) groups excluding carboxylic acids is 2. The van der Waals surface area contributed by atoms with Crippen LogP contribution in [0.5, 0.6) is 11.5 Å². The molecule has 1 aromatic heterocycles. The smallest absolute Gasteiger partial charge is 0.274 e. The van der Waals surface area contributed by atoms with Gasteiger partial charge in [0.25, 0.3) is 5.91 Å². The van der Waals surface area contributed by atoms with Gasteiger partial charge in [0, 0.05) is 18.2 Å². The van der Waals surface area contributed by atoms with Crippen LogP contribution >= 0.6 is 11.6 Å². The summed E-state index contributed by atoms with van der Waals surface area (Å²) < 4.78 is 18.2. The van der Waals surface area contributed by atoms with Crippen LogP contribution in [-0.2, 0) is 13.2 Å². The Kier molecular flexibility index (Phi) is 8.76. The number of aromatic nitrogens is 1. The molecule has 0 aliphatic rings. The van der Waals surface area contributed by atoms with E-state index in [1.54, 1.807) is 36.4 Å². The summed E-state index contributed by atoms with van der Waals surface area (Å²) >= 11 is 6.73. The minimum atomic E-state index is -0.408. The predicted octanol–water partition coefficient (Wildman–Crippen LogP) is 7.38. The SMILES string of the molecule is CCNC(=O)c1noc(-c2cc(Cl)c(OCc3ccccc3)cc2OCc2ccccc2)c1-c1cccc(C=O)c1. The Balaban J connectivity index is 1.62. The topological polar surface area (TPSA) is 90.7 Å². The number of halogens is 1. The van der Waals surface area contributed by atoms with Crippen molar-refractivity contribution in [1.82, 2.24) is 10.5 Å². The minimum absolute atomic E-state index is 0.0828. The lowest BCUT2D eigenvalue weighted by atomic mass is 9.97. The molecule has 1 N–H and O–H groups in total. The minimum Gasteiger partial charge on any atom is -0.488 e. The first-order chi connectivity index (χ1) is 20.1. The standard InChI is InChI=1S/C33H27ClN2O5/c1-2-35-33(38)31-30(25-15-9-14-24(16-25)19-37)32(41-36-31)26-17-27(34)29(40-21-23-12-7-4-8-13-23)18-28(26)39-20-22-10-5-3-6-11-22/h3-19H,2,20-21H2,1H3,(H,35,38). The summed E-state index contributed by atoms with van der Waals surface area (Å²) in [6.07, 6.45) is 0.743. The molecule has 0 aliphatic carbocycles. The quantitative estimate of drug-likeness (QED) is 0.168. The Labute approximate surface area is 242 Å². The number of aldehydes is 1. The van der Waals surface area contributed by atoms with E-state index in [2.05, 4.69) is 10.5 Å². The van der Waals surface area contributed by atoms with Crippen LogP contribution in [0.15, 0.2) is 102 Å². The van der Waals surface area contributed by atoms with Crippen LogP contribution in [0.3, 0.4) is 0 Å². The zero-order valence-electron chi connectivity index (χ0n) is 22.3. The fourth-order valence-electron chi connectivity index (χ4n) is 4.32. The van der Waals surface area contributed by atoms with Crippen molar-refractivity contribution in [2.75, 3.05) is 6.54 Å². The summed E-state index contributed by atoms with van der Waals surface area (Å²) in [5, 5.41) is 7.22. The van der Waals surface area contributed by atoms with E-state index >= 15 is 0 Å². The molecule has 206 valence electrons. The molecule has 41 heavy (non-hydrogen) atoms. The molecule has 4 aromatic carbocycles. The van der Waals surface area contributed by atoms with Crippen molar-refractivity contribution in [2.45, 2.75) is 20.1 Å². The molecule has 1 amide bonds. The number of nitrogens with zero attached hydrogens (tertiary/aromatic N) is 1. The molecule has 0 radical (unpaired) electrons. The molecule has 5 aromatic rings. The lowest BCUT2D eigenvalue weighted by Crippen LogP contribution is -2.23. The highest BCUT2D eigenvalue weighted by Crippen LogP contribution is 2.44. The molecule has 8 heteroatoms. The van der Waals surface area contributed by atoms with Gasteiger partial charge in [-0.25, -0.2) is 0 Å². The van der Waals surface area contributed by atoms with Crippen molar-refractivity contribution in [3.63, 3.8) is 0 Å². The van der Waals surface area contributed by atoms with Gasteiger partial charge in [0.1, 0.15) is 31.0 Å². The molecule has 1 heterocycles. The van der Waals surface area contributed by atoms with Gasteiger partial charge in [0.05, 0.1) is 16.1 Å². The van der Waals surface area contributed by atoms with Gasteiger partial charge in [-0.3, -0.25) is 9.59 Å². The second kappa shape index (κ2) is 13.0. The number of nitrogens with one attached hydrogen (secondary N) is 1. The fraction of sp³-hybridized carbons (Fsp3) is 0.121. The molecular formula is C33H27ClN2O5. The van der Waals surface area contributed by atoms with Crippen LogP contribution in [0.1, 0.15) is 38.9 Å². The molecule has 7 nitrogen and oxygen atoms in total. The zero-order chi connectivity index (χ0) is 28.6. The van der Waals surface area contributed by atoms with Gasteiger partial charge in [-0.2, -0.15) is 0 Å². The van der Waals surface area contributed by atoms with Crippen molar-refractivity contribution in [3.8, 4) is 33.9 Å². The Morgan fingerprint density at radius 1 is 0.878 bits per heavy atom. The summed E-state index contributed by atoms with van der Waals surface area (Å²) in [5.74, 6) is 0.714. The summed E-state index contributed by atoms with van der Waals surface area (Å²) in [4.78, 5) is 24.5. The van der Waals surface area contributed by atoms with E-state index in [-0.39, 0.29) is 18.1 Å². The molecule has 5 rings (SSSR count). The molecular weight excluding hydrogens is 540 g/mol.